The molecule has 1 nitrogen and oxygen atoms in total. The number of thiophene rings is 1. The van der Waals surface area contributed by atoms with Gasteiger partial charge in [-0.2, -0.15) is 0 Å². The van der Waals surface area contributed by atoms with Gasteiger partial charge in [0.15, 0.2) is 0 Å². The van der Waals surface area contributed by atoms with E-state index in [-0.39, 0.29) is 5.54 Å². The first kappa shape index (κ1) is 16.4. The Bertz CT molecular complexity index is 646. The molecule has 2 aliphatic rings. The molecule has 2 heteroatoms. The van der Waals surface area contributed by atoms with Gasteiger partial charge in [-0.15, -0.1) is 11.3 Å². The molecule has 2 aliphatic carbocycles. The number of hydrogen-bond donors (Lipinski definition) is 0. The van der Waals surface area contributed by atoms with Crippen molar-refractivity contribution < 1.29 is 0 Å². The summed E-state index contributed by atoms with van der Waals surface area (Å²) in [5.74, 6) is 2.58. The summed E-state index contributed by atoms with van der Waals surface area (Å²) in [5.41, 5.74) is 1.79. The minimum atomic E-state index is 0.241. The highest BCUT2D eigenvalue weighted by Crippen LogP contribution is 2.55. The predicted molar refractivity (Wildman–Crippen MR) is 104 cm³/mol. The molecule has 0 N–H and O–H groups in total. The van der Waals surface area contributed by atoms with Gasteiger partial charge in [0.05, 0.1) is 5.54 Å². The van der Waals surface area contributed by atoms with E-state index < -0.39 is 0 Å². The summed E-state index contributed by atoms with van der Waals surface area (Å²) >= 11 is 1.96. The molecule has 1 aromatic heterocycles. The molecule has 2 fully saturated rings. The molecule has 0 aliphatic heterocycles. The lowest BCUT2D eigenvalue weighted by Gasteiger charge is -2.42. The molecule has 128 valence electrons. The minimum absolute atomic E-state index is 0.241. The fourth-order valence-electron chi connectivity index (χ4n) is 4.45. The van der Waals surface area contributed by atoms with Crippen molar-refractivity contribution in [1.29, 1.82) is 0 Å². The van der Waals surface area contributed by atoms with Gasteiger partial charge in [0, 0.05) is 11.4 Å². The Morgan fingerprint density at radius 3 is 2.54 bits per heavy atom. The summed E-state index contributed by atoms with van der Waals surface area (Å²) in [5, 5.41) is 2.26. The molecular formula is C22H29NS. The summed E-state index contributed by atoms with van der Waals surface area (Å²) in [4.78, 5) is 4.28. The van der Waals surface area contributed by atoms with E-state index in [2.05, 4.69) is 66.7 Å². The van der Waals surface area contributed by atoms with Gasteiger partial charge in [-0.05, 0) is 73.9 Å². The fraction of sp³-hybridized carbons (Fsp3) is 0.545. The standard InChI is InChI=1S/C22H29NS/c1-3-22(21-10-7-13-24-21,23(2)16-17-11-12-17)15-19-14-20(19)18-8-5-4-6-9-18/h4-10,13,17,19-20H,3,11-12,14-16H2,1-2H3/t19-,20-,22?/m0/s1. The number of rotatable bonds is 8. The molecule has 0 bridgehead atoms. The third-order valence-electron chi connectivity index (χ3n) is 6.27. The molecule has 4 rings (SSSR count). The molecule has 1 aromatic carbocycles. The zero-order valence-corrected chi connectivity index (χ0v) is 15.8. The van der Waals surface area contributed by atoms with Gasteiger partial charge < -0.3 is 0 Å². The van der Waals surface area contributed by atoms with Crippen LogP contribution in [-0.4, -0.2) is 18.5 Å². The third kappa shape index (κ3) is 3.19. The van der Waals surface area contributed by atoms with E-state index in [9.17, 15) is 0 Å². The van der Waals surface area contributed by atoms with Gasteiger partial charge in [-0.1, -0.05) is 43.3 Å². The van der Waals surface area contributed by atoms with Crippen LogP contribution in [0.4, 0.5) is 0 Å². The van der Waals surface area contributed by atoms with Gasteiger partial charge in [0.25, 0.3) is 0 Å². The topological polar surface area (TPSA) is 3.24 Å². The Balaban J connectivity index is 1.54. The van der Waals surface area contributed by atoms with Crippen molar-refractivity contribution in [3.63, 3.8) is 0 Å². The lowest BCUT2D eigenvalue weighted by molar-refractivity contribution is 0.0918. The zero-order valence-electron chi connectivity index (χ0n) is 14.9. The van der Waals surface area contributed by atoms with Crippen LogP contribution in [0.2, 0.25) is 0 Å². The molecule has 0 radical (unpaired) electrons. The second-order valence-electron chi connectivity index (χ2n) is 7.90. The van der Waals surface area contributed by atoms with Crippen molar-refractivity contribution in [2.24, 2.45) is 11.8 Å². The van der Waals surface area contributed by atoms with Crippen LogP contribution >= 0.6 is 11.3 Å². The summed E-state index contributed by atoms with van der Waals surface area (Å²) in [6.45, 7) is 3.66. The monoisotopic (exact) mass is 339 g/mol. The largest absolute Gasteiger partial charge is 0.296 e. The third-order valence-corrected chi connectivity index (χ3v) is 7.34. The Kier molecular flexibility index (Phi) is 4.53. The van der Waals surface area contributed by atoms with Gasteiger partial charge in [0.2, 0.25) is 0 Å². The van der Waals surface area contributed by atoms with Crippen LogP contribution in [0.25, 0.3) is 0 Å². The van der Waals surface area contributed by atoms with Crippen LogP contribution < -0.4 is 0 Å². The van der Waals surface area contributed by atoms with E-state index in [0.717, 1.165) is 17.8 Å². The normalized spacial score (nSPS) is 25.6. The first-order chi connectivity index (χ1) is 11.7. The van der Waals surface area contributed by atoms with Crippen molar-refractivity contribution in [3.8, 4) is 0 Å². The Hall–Kier alpha value is -1.12. The molecule has 0 saturated heterocycles. The van der Waals surface area contributed by atoms with Crippen molar-refractivity contribution in [3.05, 3.63) is 58.3 Å². The molecule has 2 saturated carbocycles. The highest BCUT2D eigenvalue weighted by molar-refractivity contribution is 7.10. The smallest absolute Gasteiger partial charge is 0.0551 e. The summed E-state index contributed by atoms with van der Waals surface area (Å²) in [7, 11) is 2.38. The van der Waals surface area contributed by atoms with Crippen LogP contribution in [-0.2, 0) is 5.54 Å². The van der Waals surface area contributed by atoms with Crippen LogP contribution in [0.15, 0.2) is 47.8 Å². The minimum Gasteiger partial charge on any atom is -0.296 e. The highest BCUT2D eigenvalue weighted by atomic mass is 32.1. The average molecular weight is 340 g/mol. The van der Waals surface area contributed by atoms with Crippen LogP contribution in [0.1, 0.15) is 55.4 Å². The van der Waals surface area contributed by atoms with Crippen molar-refractivity contribution in [1.82, 2.24) is 4.90 Å². The van der Waals surface area contributed by atoms with E-state index in [1.807, 2.05) is 11.3 Å². The lowest BCUT2D eigenvalue weighted by atomic mass is 9.85. The highest BCUT2D eigenvalue weighted by Gasteiger charge is 2.47. The summed E-state index contributed by atoms with van der Waals surface area (Å²) < 4.78 is 0. The van der Waals surface area contributed by atoms with E-state index in [4.69, 9.17) is 0 Å². The van der Waals surface area contributed by atoms with Gasteiger partial charge in [0.1, 0.15) is 0 Å². The molecule has 0 amide bonds. The van der Waals surface area contributed by atoms with Crippen molar-refractivity contribution in [2.45, 2.75) is 50.5 Å². The van der Waals surface area contributed by atoms with Crippen molar-refractivity contribution >= 4 is 11.3 Å². The molecule has 2 aromatic rings. The first-order valence-electron chi connectivity index (χ1n) is 9.53. The molecule has 1 heterocycles. The zero-order chi connectivity index (χ0) is 16.6. The number of hydrogen-bond acceptors (Lipinski definition) is 2. The first-order valence-corrected chi connectivity index (χ1v) is 10.4. The molecule has 24 heavy (non-hydrogen) atoms. The Morgan fingerprint density at radius 2 is 1.92 bits per heavy atom. The van der Waals surface area contributed by atoms with E-state index >= 15 is 0 Å². The maximum Gasteiger partial charge on any atom is 0.0551 e. The van der Waals surface area contributed by atoms with E-state index in [1.54, 1.807) is 10.4 Å². The molecule has 3 atom stereocenters. The quantitative estimate of drug-likeness (QED) is 0.579. The fourth-order valence-corrected chi connectivity index (χ4v) is 5.52. The van der Waals surface area contributed by atoms with E-state index in [1.165, 1.54) is 38.6 Å². The van der Waals surface area contributed by atoms with Gasteiger partial charge >= 0.3 is 0 Å². The second-order valence-corrected chi connectivity index (χ2v) is 8.85. The van der Waals surface area contributed by atoms with Gasteiger partial charge in [-0.25, -0.2) is 0 Å². The number of nitrogens with zero attached hydrogens (tertiary/aromatic N) is 1. The number of benzene rings is 1. The van der Waals surface area contributed by atoms with Crippen molar-refractivity contribution in [2.75, 3.05) is 13.6 Å². The maximum atomic E-state index is 2.71. The Labute approximate surface area is 150 Å². The Morgan fingerprint density at radius 1 is 1.12 bits per heavy atom. The van der Waals surface area contributed by atoms with Crippen LogP contribution in [0, 0.1) is 11.8 Å². The average Bonchev–Trinajstić information content (AvgIpc) is 3.52. The predicted octanol–water partition coefficient (Wildman–Crippen LogP) is 5.89. The second kappa shape index (κ2) is 6.65. The maximum absolute atomic E-state index is 2.71. The van der Waals surface area contributed by atoms with E-state index in [0.29, 0.717) is 0 Å². The van der Waals surface area contributed by atoms with Crippen LogP contribution in [0.5, 0.6) is 0 Å². The molecular weight excluding hydrogens is 310 g/mol. The lowest BCUT2D eigenvalue weighted by Crippen LogP contribution is -2.44. The summed E-state index contributed by atoms with van der Waals surface area (Å²) in [6, 6.07) is 15.8. The summed E-state index contributed by atoms with van der Waals surface area (Å²) in [6.07, 6.45) is 6.77. The SMILES string of the molecule is CCC(C[C@@H]1C[C@H]1c1ccccc1)(c1cccs1)N(C)CC1CC1. The van der Waals surface area contributed by atoms with Crippen LogP contribution in [0.3, 0.4) is 0 Å². The van der Waals surface area contributed by atoms with Gasteiger partial charge in [-0.3, -0.25) is 4.90 Å². The molecule has 1 unspecified atom stereocenters. The molecule has 0 spiro atoms.